The predicted octanol–water partition coefficient (Wildman–Crippen LogP) is 2.73. The molecule has 0 radical (unpaired) electrons. The second-order valence-corrected chi connectivity index (χ2v) is 5.44. The first-order valence-electron chi connectivity index (χ1n) is 8.36. The summed E-state index contributed by atoms with van der Waals surface area (Å²) in [7, 11) is 4.64. The molecule has 24 heavy (non-hydrogen) atoms. The van der Waals surface area contributed by atoms with Gasteiger partial charge in [0.05, 0.1) is 14.2 Å². The summed E-state index contributed by atoms with van der Waals surface area (Å²) in [5.74, 6) is 0.845. The maximum absolute atomic E-state index is 11.8. The highest BCUT2D eigenvalue weighted by molar-refractivity contribution is 5.92. The molecule has 134 valence electrons. The lowest BCUT2D eigenvalue weighted by atomic mass is 10.1. The molecule has 1 aromatic rings. The number of nitrogens with one attached hydrogen (secondary N) is 2. The molecule has 0 aliphatic heterocycles. The Bertz CT molecular complexity index is 544. The number of rotatable bonds is 9. The fraction of sp³-hybridized carbons (Fsp3) is 0.556. The molecule has 0 saturated heterocycles. The number of methoxy groups -OCH3 is 2. The third-order valence-electron chi connectivity index (χ3n) is 3.68. The highest BCUT2D eigenvalue weighted by Gasteiger charge is 2.13. The Morgan fingerprint density at radius 2 is 1.96 bits per heavy atom. The van der Waals surface area contributed by atoms with Crippen molar-refractivity contribution in [2.24, 2.45) is 4.99 Å². The number of unbranched alkanes of at least 4 members (excludes halogenated alkanes) is 3. The number of nitrogens with zero attached hydrogens (tertiary/aromatic N) is 1. The first-order valence-corrected chi connectivity index (χ1v) is 8.36. The van der Waals surface area contributed by atoms with Gasteiger partial charge in [0.2, 0.25) is 0 Å². The smallest absolute Gasteiger partial charge is 0.341 e. The highest BCUT2D eigenvalue weighted by atomic mass is 16.5. The number of aliphatic imine (C=N–C) groups is 1. The van der Waals surface area contributed by atoms with E-state index in [-0.39, 0.29) is 0 Å². The van der Waals surface area contributed by atoms with Gasteiger partial charge < -0.3 is 20.1 Å². The van der Waals surface area contributed by atoms with Crippen LogP contribution in [0, 0.1) is 0 Å². The van der Waals surface area contributed by atoms with Gasteiger partial charge >= 0.3 is 5.97 Å². The molecule has 0 aliphatic carbocycles. The number of ether oxygens (including phenoxy) is 2. The summed E-state index contributed by atoms with van der Waals surface area (Å²) in [6.45, 7) is 3.66. The van der Waals surface area contributed by atoms with Crippen molar-refractivity contribution < 1.29 is 14.3 Å². The van der Waals surface area contributed by atoms with Crippen LogP contribution in [0.25, 0.3) is 0 Å². The normalized spacial score (nSPS) is 11.1. The summed E-state index contributed by atoms with van der Waals surface area (Å²) >= 11 is 0. The van der Waals surface area contributed by atoms with Crippen molar-refractivity contribution in [2.75, 3.05) is 27.8 Å². The summed E-state index contributed by atoms with van der Waals surface area (Å²) in [4.78, 5) is 16.0. The van der Waals surface area contributed by atoms with Crippen LogP contribution in [0.3, 0.4) is 0 Å². The van der Waals surface area contributed by atoms with Crippen LogP contribution in [-0.2, 0) is 11.3 Å². The minimum atomic E-state index is -0.410. The summed E-state index contributed by atoms with van der Waals surface area (Å²) < 4.78 is 9.99. The standard InChI is InChI=1S/C18H29N3O3/c1-5-6-7-8-11-20-18(19-2)21-13-14-9-10-16(23-3)15(12-14)17(22)24-4/h9-10,12H,5-8,11,13H2,1-4H3,(H2,19,20,21). The third kappa shape index (κ3) is 6.48. The van der Waals surface area contributed by atoms with E-state index in [4.69, 9.17) is 9.47 Å². The second-order valence-electron chi connectivity index (χ2n) is 5.44. The van der Waals surface area contributed by atoms with E-state index in [9.17, 15) is 4.79 Å². The summed E-state index contributed by atoms with van der Waals surface area (Å²) in [6.07, 6.45) is 4.84. The molecule has 2 N–H and O–H groups in total. The van der Waals surface area contributed by atoms with E-state index in [1.54, 1.807) is 19.2 Å². The average Bonchev–Trinajstić information content (AvgIpc) is 2.63. The lowest BCUT2D eigenvalue weighted by Gasteiger charge is -2.13. The van der Waals surface area contributed by atoms with Crippen molar-refractivity contribution in [2.45, 2.75) is 39.2 Å². The van der Waals surface area contributed by atoms with Crippen LogP contribution in [-0.4, -0.2) is 39.7 Å². The van der Waals surface area contributed by atoms with Crippen LogP contribution < -0.4 is 15.4 Å². The summed E-state index contributed by atoms with van der Waals surface area (Å²) in [5.41, 5.74) is 1.37. The quantitative estimate of drug-likeness (QED) is 0.314. The Labute approximate surface area is 144 Å². The molecular weight excluding hydrogens is 306 g/mol. The van der Waals surface area contributed by atoms with E-state index in [0.29, 0.717) is 17.9 Å². The van der Waals surface area contributed by atoms with E-state index in [2.05, 4.69) is 22.5 Å². The molecule has 6 heteroatoms. The van der Waals surface area contributed by atoms with Crippen molar-refractivity contribution in [3.63, 3.8) is 0 Å². The molecule has 6 nitrogen and oxygen atoms in total. The Morgan fingerprint density at radius 3 is 2.58 bits per heavy atom. The Kier molecular flexibility index (Phi) is 9.34. The molecule has 0 atom stereocenters. The van der Waals surface area contributed by atoms with E-state index in [0.717, 1.165) is 24.5 Å². The van der Waals surface area contributed by atoms with Crippen LogP contribution in [0.2, 0.25) is 0 Å². The lowest BCUT2D eigenvalue weighted by molar-refractivity contribution is 0.0597. The summed E-state index contributed by atoms with van der Waals surface area (Å²) in [6, 6.07) is 5.45. The average molecular weight is 335 g/mol. The highest BCUT2D eigenvalue weighted by Crippen LogP contribution is 2.20. The number of guanidine groups is 1. The molecule has 1 rings (SSSR count). The molecule has 0 saturated carbocycles. The number of carbonyl (C=O) groups excluding carboxylic acids is 1. The molecule has 0 heterocycles. The largest absolute Gasteiger partial charge is 0.496 e. The maximum atomic E-state index is 11.8. The molecule has 0 unspecified atom stereocenters. The van der Waals surface area contributed by atoms with Crippen molar-refractivity contribution in [3.8, 4) is 5.75 Å². The molecule has 1 aromatic carbocycles. The molecule has 0 aliphatic rings. The van der Waals surface area contributed by atoms with Crippen molar-refractivity contribution >= 4 is 11.9 Å². The minimum Gasteiger partial charge on any atom is -0.496 e. The van der Waals surface area contributed by atoms with Crippen molar-refractivity contribution in [1.82, 2.24) is 10.6 Å². The van der Waals surface area contributed by atoms with Crippen LogP contribution >= 0.6 is 0 Å². The van der Waals surface area contributed by atoms with Crippen molar-refractivity contribution in [3.05, 3.63) is 29.3 Å². The fourth-order valence-corrected chi connectivity index (χ4v) is 2.30. The zero-order valence-corrected chi connectivity index (χ0v) is 15.1. The Morgan fingerprint density at radius 1 is 1.17 bits per heavy atom. The van der Waals surface area contributed by atoms with Gasteiger partial charge in [0.25, 0.3) is 0 Å². The minimum absolute atomic E-state index is 0.410. The van der Waals surface area contributed by atoms with Gasteiger partial charge in [-0.2, -0.15) is 0 Å². The third-order valence-corrected chi connectivity index (χ3v) is 3.68. The molecular formula is C18H29N3O3. The topological polar surface area (TPSA) is 72.0 Å². The van der Waals surface area contributed by atoms with Gasteiger partial charge in [0.15, 0.2) is 5.96 Å². The van der Waals surface area contributed by atoms with Gasteiger partial charge in [0, 0.05) is 20.1 Å². The van der Waals surface area contributed by atoms with Crippen molar-refractivity contribution in [1.29, 1.82) is 0 Å². The number of hydrogen-bond acceptors (Lipinski definition) is 4. The van der Waals surface area contributed by atoms with Gasteiger partial charge in [-0.15, -0.1) is 0 Å². The zero-order chi connectivity index (χ0) is 17.8. The van der Waals surface area contributed by atoms with Gasteiger partial charge in [-0.3, -0.25) is 4.99 Å². The maximum Gasteiger partial charge on any atom is 0.341 e. The number of carbonyl (C=O) groups is 1. The van der Waals surface area contributed by atoms with Crippen LogP contribution in [0.15, 0.2) is 23.2 Å². The van der Waals surface area contributed by atoms with Gasteiger partial charge in [-0.05, 0) is 24.1 Å². The predicted molar refractivity (Wildman–Crippen MR) is 96.7 cm³/mol. The van der Waals surface area contributed by atoms with Crippen LogP contribution in [0.5, 0.6) is 5.75 Å². The molecule has 0 amide bonds. The summed E-state index contributed by atoms with van der Waals surface area (Å²) in [5, 5.41) is 6.54. The van der Waals surface area contributed by atoms with E-state index >= 15 is 0 Å². The van der Waals surface area contributed by atoms with Gasteiger partial charge in [-0.1, -0.05) is 32.3 Å². The SMILES string of the molecule is CCCCCCNC(=NC)NCc1ccc(OC)c(C(=O)OC)c1. The van der Waals surface area contributed by atoms with E-state index in [1.165, 1.54) is 33.5 Å². The number of esters is 1. The molecule has 0 bridgehead atoms. The second kappa shape index (κ2) is 11.3. The van der Waals surface area contributed by atoms with Gasteiger partial charge in [0.1, 0.15) is 11.3 Å². The number of benzene rings is 1. The van der Waals surface area contributed by atoms with E-state index < -0.39 is 5.97 Å². The fourth-order valence-electron chi connectivity index (χ4n) is 2.30. The Balaban J connectivity index is 2.57. The first kappa shape index (κ1) is 19.8. The molecule has 0 spiro atoms. The monoisotopic (exact) mass is 335 g/mol. The molecule has 0 aromatic heterocycles. The molecule has 0 fully saturated rings. The van der Waals surface area contributed by atoms with E-state index in [1.807, 2.05) is 6.07 Å². The number of hydrogen-bond donors (Lipinski definition) is 2. The lowest BCUT2D eigenvalue weighted by Crippen LogP contribution is -2.37. The first-order chi connectivity index (χ1) is 11.7. The Hall–Kier alpha value is -2.24. The zero-order valence-electron chi connectivity index (χ0n) is 15.1. The van der Waals surface area contributed by atoms with Crippen LogP contribution in [0.1, 0.15) is 48.5 Å². The van der Waals surface area contributed by atoms with Crippen LogP contribution in [0.4, 0.5) is 0 Å². The van der Waals surface area contributed by atoms with Gasteiger partial charge in [-0.25, -0.2) is 4.79 Å².